The van der Waals surface area contributed by atoms with Gasteiger partial charge in [0.25, 0.3) is 0 Å². The molecule has 3 rings (SSSR count). The van der Waals surface area contributed by atoms with Gasteiger partial charge in [0, 0.05) is 61.9 Å². The van der Waals surface area contributed by atoms with Crippen molar-refractivity contribution in [1.29, 1.82) is 0 Å². The van der Waals surface area contributed by atoms with Crippen LogP contribution in [-0.4, -0.2) is 73.1 Å². The van der Waals surface area contributed by atoms with E-state index in [2.05, 4.69) is 22.2 Å². The molecule has 1 N–H and O–H groups in total. The van der Waals surface area contributed by atoms with E-state index in [1.54, 1.807) is 18.2 Å². The third kappa shape index (κ3) is 4.33. The molecule has 0 radical (unpaired) electrons. The van der Waals surface area contributed by atoms with E-state index in [9.17, 15) is 4.79 Å². The van der Waals surface area contributed by atoms with Crippen molar-refractivity contribution in [2.75, 3.05) is 46.3 Å². The third-order valence-electron chi connectivity index (χ3n) is 4.94. The van der Waals surface area contributed by atoms with Crippen molar-refractivity contribution in [2.24, 2.45) is 0 Å². The lowest BCUT2D eigenvalue weighted by atomic mass is 10.2. The lowest BCUT2D eigenvalue weighted by Gasteiger charge is -2.36. The Morgan fingerprint density at radius 2 is 1.96 bits per heavy atom. The molecule has 0 saturated carbocycles. The minimum Gasteiger partial charge on any atom is -0.334 e. The quantitative estimate of drug-likeness (QED) is 0.888. The normalized spacial score (nSPS) is 22.8. The number of benzene rings is 1. The molecule has 0 bridgehead atoms. The molecular weight excluding hydrogens is 347 g/mol. The molecule has 2 saturated heterocycles. The average molecular weight is 371 g/mol. The van der Waals surface area contributed by atoms with Crippen molar-refractivity contribution < 1.29 is 4.79 Å². The van der Waals surface area contributed by atoms with Crippen molar-refractivity contribution >= 4 is 29.2 Å². The highest BCUT2D eigenvalue weighted by atomic mass is 35.5. The van der Waals surface area contributed by atoms with Gasteiger partial charge in [-0.15, -0.1) is 0 Å². The summed E-state index contributed by atoms with van der Waals surface area (Å²) >= 11 is 12.1. The fourth-order valence-electron chi connectivity index (χ4n) is 3.37. The number of likely N-dealkylation sites (N-methyl/N-ethyl adjacent to an activating group) is 1. The topological polar surface area (TPSA) is 38.8 Å². The third-order valence-corrected chi connectivity index (χ3v) is 5.55. The van der Waals surface area contributed by atoms with E-state index in [0.717, 1.165) is 51.3 Å². The van der Waals surface area contributed by atoms with Crippen LogP contribution in [-0.2, 0) is 6.54 Å². The van der Waals surface area contributed by atoms with Crippen LogP contribution in [0.1, 0.15) is 12.0 Å². The van der Waals surface area contributed by atoms with Crippen LogP contribution < -0.4 is 5.32 Å². The number of amides is 2. The molecule has 2 fully saturated rings. The monoisotopic (exact) mass is 370 g/mol. The van der Waals surface area contributed by atoms with Crippen LogP contribution in [0, 0.1) is 0 Å². The molecule has 2 heterocycles. The summed E-state index contributed by atoms with van der Waals surface area (Å²) in [5.74, 6) is 0. The lowest BCUT2D eigenvalue weighted by molar-refractivity contribution is 0.114. The van der Waals surface area contributed by atoms with Crippen LogP contribution in [0.3, 0.4) is 0 Å². The first-order chi connectivity index (χ1) is 11.5. The number of carbonyl (C=O) groups excluding carboxylic acids is 1. The van der Waals surface area contributed by atoms with Crippen molar-refractivity contribution in [3.05, 3.63) is 33.8 Å². The van der Waals surface area contributed by atoms with E-state index < -0.39 is 0 Å². The molecule has 0 unspecified atom stereocenters. The van der Waals surface area contributed by atoms with Crippen molar-refractivity contribution in [3.63, 3.8) is 0 Å². The fourth-order valence-corrected chi connectivity index (χ4v) is 3.75. The lowest BCUT2D eigenvalue weighted by Crippen LogP contribution is -2.50. The Morgan fingerprint density at radius 1 is 1.21 bits per heavy atom. The van der Waals surface area contributed by atoms with Gasteiger partial charge in [-0.2, -0.15) is 0 Å². The van der Waals surface area contributed by atoms with E-state index in [-0.39, 0.29) is 6.03 Å². The highest BCUT2D eigenvalue weighted by Crippen LogP contribution is 2.21. The number of nitrogens with one attached hydrogen (secondary N) is 1. The maximum atomic E-state index is 12.4. The van der Waals surface area contributed by atoms with Crippen LogP contribution in [0.2, 0.25) is 10.0 Å². The van der Waals surface area contributed by atoms with Crippen LogP contribution in [0.4, 0.5) is 4.79 Å². The first-order valence-corrected chi connectivity index (χ1v) is 9.18. The van der Waals surface area contributed by atoms with Crippen LogP contribution in [0.15, 0.2) is 18.2 Å². The predicted octanol–water partition coefficient (Wildman–Crippen LogP) is 2.52. The van der Waals surface area contributed by atoms with Crippen molar-refractivity contribution in [3.8, 4) is 0 Å². The van der Waals surface area contributed by atoms with Gasteiger partial charge in [-0.25, -0.2) is 4.79 Å². The molecule has 132 valence electrons. The molecule has 2 aliphatic rings. The first-order valence-electron chi connectivity index (χ1n) is 8.42. The molecule has 2 amide bonds. The number of hydrogen-bond donors (Lipinski definition) is 1. The van der Waals surface area contributed by atoms with E-state index in [4.69, 9.17) is 23.2 Å². The highest BCUT2D eigenvalue weighted by molar-refractivity contribution is 6.33. The standard InChI is InChI=1S/C17H24Cl2N4O/c1-21-6-8-22(9-7-21)15-4-5-23(12-15)17(24)20-11-13-10-14(18)2-3-16(13)19/h2-3,10,15H,4-9,11-12H2,1H3,(H,20,24)/t15-/m1/s1. The Bertz CT molecular complexity index is 590. The molecule has 0 aliphatic carbocycles. The second-order valence-corrected chi connectivity index (χ2v) is 7.47. The zero-order valence-corrected chi connectivity index (χ0v) is 15.5. The second-order valence-electron chi connectivity index (χ2n) is 6.62. The van der Waals surface area contributed by atoms with E-state index >= 15 is 0 Å². The number of urea groups is 1. The highest BCUT2D eigenvalue weighted by Gasteiger charge is 2.31. The van der Waals surface area contributed by atoms with E-state index in [1.165, 1.54) is 0 Å². The Hall–Kier alpha value is -1.01. The number of rotatable bonds is 3. The van der Waals surface area contributed by atoms with Gasteiger partial charge < -0.3 is 15.1 Å². The van der Waals surface area contributed by atoms with Gasteiger partial charge in [-0.05, 0) is 37.2 Å². The zero-order valence-electron chi connectivity index (χ0n) is 14.0. The number of carbonyl (C=O) groups is 1. The molecule has 0 spiro atoms. The van der Waals surface area contributed by atoms with Crippen LogP contribution >= 0.6 is 23.2 Å². The van der Waals surface area contributed by atoms with E-state index in [1.807, 2.05) is 4.90 Å². The summed E-state index contributed by atoms with van der Waals surface area (Å²) < 4.78 is 0. The van der Waals surface area contributed by atoms with Crippen molar-refractivity contribution in [1.82, 2.24) is 20.0 Å². The summed E-state index contributed by atoms with van der Waals surface area (Å²) in [7, 11) is 2.16. The Labute approximate surface area is 153 Å². The van der Waals surface area contributed by atoms with Crippen LogP contribution in [0.5, 0.6) is 0 Å². The molecule has 1 atom stereocenters. The number of likely N-dealkylation sites (tertiary alicyclic amines) is 1. The maximum absolute atomic E-state index is 12.4. The molecular formula is C17H24Cl2N4O. The maximum Gasteiger partial charge on any atom is 0.317 e. The summed E-state index contributed by atoms with van der Waals surface area (Å²) in [6.07, 6.45) is 1.05. The Kier molecular flexibility index (Phi) is 5.87. The molecule has 24 heavy (non-hydrogen) atoms. The molecule has 2 aliphatic heterocycles. The summed E-state index contributed by atoms with van der Waals surface area (Å²) in [5, 5.41) is 4.20. The largest absolute Gasteiger partial charge is 0.334 e. The number of halogens is 2. The SMILES string of the molecule is CN1CCN([C@@H]2CCN(C(=O)NCc3cc(Cl)ccc3Cl)C2)CC1. The Balaban J connectivity index is 1.49. The van der Waals surface area contributed by atoms with E-state index in [0.29, 0.717) is 22.6 Å². The molecule has 1 aromatic rings. The number of piperazine rings is 1. The average Bonchev–Trinajstić information content (AvgIpc) is 3.06. The zero-order chi connectivity index (χ0) is 17.1. The van der Waals surface area contributed by atoms with Gasteiger partial charge in [-0.3, -0.25) is 4.90 Å². The smallest absolute Gasteiger partial charge is 0.317 e. The van der Waals surface area contributed by atoms with Gasteiger partial charge in [0.05, 0.1) is 0 Å². The predicted molar refractivity (Wildman–Crippen MR) is 97.7 cm³/mol. The van der Waals surface area contributed by atoms with Gasteiger partial charge in [-0.1, -0.05) is 23.2 Å². The van der Waals surface area contributed by atoms with Gasteiger partial charge in [0.15, 0.2) is 0 Å². The fraction of sp³-hybridized carbons (Fsp3) is 0.588. The minimum absolute atomic E-state index is 0.0253. The van der Waals surface area contributed by atoms with Crippen LogP contribution in [0.25, 0.3) is 0 Å². The first kappa shape index (κ1) is 17.8. The minimum atomic E-state index is -0.0253. The molecule has 0 aromatic heterocycles. The number of nitrogens with zero attached hydrogens (tertiary/aromatic N) is 3. The second kappa shape index (κ2) is 7.91. The summed E-state index contributed by atoms with van der Waals surface area (Å²) in [6.45, 7) is 6.41. The molecule has 7 heteroatoms. The van der Waals surface area contributed by atoms with Gasteiger partial charge >= 0.3 is 6.03 Å². The van der Waals surface area contributed by atoms with Crippen molar-refractivity contribution in [2.45, 2.75) is 19.0 Å². The summed E-state index contributed by atoms with van der Waals surface area (Å²) in [5.41, 5.74) is 0.840. The molecule has 5 nitrogen and oxygen atoms in total. The summed E-state index contributed by atoms with van der Waals surface area (Å²) in [4.78, 5) is 19.2. The Morgan fingerprint density at radius 3 is 2.71 bits per heavy atom. The van der Waals surface area contributed by atoms with Gasteiger partial charge in [0.2, 0.25) is 0 Å². The molecule has 1 aromatic carbocycles. The van der Waals surface area contributed by atoms with Gasteiger partial charge in [0.1, 0.15) is 0 Å². The summed E-state index contributed by atoms with van der Waals surface area (Å²) in [6, 6.07) is 5.75. The number of hydrogen-bond acceptors (Lipinski definition) is 3.